The number of esters is 1. The quantitative estimate of drug-likeness (QED) is 0.728. The van der Waals surface area contributed by atoms with Crippen LogP contribution in [0.5, 0.6) is 0 Å². The van der Waals surface area contributed by atoms with Gasteiger partial charge < -0.3 is 19.7 Å². The Kier molecular flexibility index (Phi) is 6.63. The molecule has 3 rings (SSSR count). The molecule has 0 radical (unpaired) electrons. The zero-order valence-electron chi connectivity index (χ0n) is 17.8. The third kappa shape index (κ3) is 4.04. The number of H-pyrrole nitrogens is 1. The number of nitrogens with zero attached hydrogens (tertiary/aromatic N) is 1. The van der Waals surface area contributed by atoms with Gasteiger partial charge in [-0.15, -0.1) is 0 Å². The number of methoxy groups -OCH3 is 1. The van der Waals surface area contributed by atoms with Crippen LogP contribution in [0, 0.1) is 17.8 Å². The van der Waals surface area contributed by atoms with Crippen molar-refractivity contribution in [3.63, 3.8) is 0 Å². The summed E-state index contributed by atoms with van der Waals surface area (Å²) in [5, 5.41) is 10.7. The van der Waals surface area contributed by atoms with Gasteiger partial charge in [0.05, 0.1) is 19.1 Å². The molecule has 158 valence electrons. The molecular weight excluding hydrogens is 368 g/mol. The molecule has 0 saturated carbocycles. The number of piperidine rings is 1. The third-order valence-electron chi connectivity index (χ3n) is 6.59. The SMILES string of the molecule is CC[C@@H]1CN(C(C)=O)[C@H](c2[nH]c3ccccc3c2CCO)C[C@H]1[C@H](C)C(=O)OC. The number of ether oxygens (including phenoxy) is 1. The van der Waals surface area contributed by atoms with Crippen LogP contribution in [-0.4, -0.2) is 47.1 Å². The number of hydrogen-bond acceptors (Lipinski definition) is 4. The van der Waals surface area contributed by atoms with Crippen LogP contribution in [0.15, 0.2) is 24.3 Å². The van der Waals surface area contributed by atoms with E-state index < -0.39 is 0 Å². The van der Waals surface area contributed by atoms with Crippen molar-refractivity contribution < 1.29 is 19.4 Å². The highest BCUT2D eigenvalue weighted by molar-refractivity contribution is 5.85. The van der Waals surface area contributed by atoms with Gasteiger partial charge in [-0.2, -0.15) is 0 Å². The van der Waals surface area contributed by atoms with Gasteiger partial charge in [-0.05, 0) is 36.3 Å². The molecule has 1 aromatic heterocycles. The van der Waals surface area contributed by atoms with E-state index in [1.54, 1.807) is 6.92 Å². The predicted octanol–water partition coefficient (Wildman–Crippen LogP) is 3.45. The number of para-hydroxylation sites is 1. The van der Waals surface area contributed by atoms with Crippen molar-refractivity contribution in [2.45, 2.75) is 46.1 Å². The van der Waals surface area contributed by atoms with Crippen LogP contribution in [0.3, 0.4) is 0 Å². The molecule has 2 heterocycles. The molecule has 1 amide bonds. The van der Waals surface area contributed by atoms with E-state index in [0.717, 1.165) is 28.6 Å². The third-order valence-corrected chi connectivity index (χ3v) is 6.59. The zero-order valence-corrected chi connectivity index (χ0v) is 17.8. The first-order valence-corrected chi connectivity index (χ1v) is 10.5. The summed E-state index contributed by atoms with van der Waals surface area (Å²) in [6.07, 6.45) is 2.12. The molecule has 1 aliphatic heterocycles. The van der Waals surface area contributed by atoms with E-state index >= 15 is 0 Å². The fraction of sp³-hybridized carbons (Fsp3) is 0.565. The predicted molar refractivity (Wildman–Crippen MR) is 112 cm³/mol. The number of amides is 1. The Hall–Kier alpha value is -2.34. The second-order valence-corrected chi connectivity index (χ2v) is 8.10. The molecule has 1 fully saturated rings. The normalized spacial score (nSPS) is 23.2. The molecule has 1 saturated heterocycles. The molecule has 1 aliphatic rings. The average molecular weight is 401 g/mol. The lowest BCUT2D eigenvalue weighted by atomic mass is 9.72. The molecule has 0 unspecified atom stereocenters. The number of nitrogens with one attached hydrogen (secondary N) is 1. The molecule has 29 heavy (non-hydrogen) atoms. The van der Waals surface area contributed by atoms with Crippen molar-refractivity contribution in [1.82, 2.24) is 9.88 Å². The monoisotopic (exact) mass is 400 g/mol. The van der Waals surface area contributed by atoms with Gasteiger partial charge in [-0.3, -0.25) is 9.59 Å². The number of hydrogen-bond donors (Lipinski definition) is 2. The van der Waals surface area contributed by atoms with Crippen LogP contribution in [0.1, 0.15) is 50.9 Å². The van der Waals surface area contributed by atoms with E-state index in [4.69, 9.17) is 4.74 Å². The van der Waals surface area contributed by atoms with E-state index in [1.165, 1.54) is 7.11 Å². The highest BCUT2D eigenvalue weighted by Gasteiger charge is 2.42. The number of aromatic nitrogens is 1. The van der Waals surface area contributed by atoms with E-state index in [0.29, 0.717) is 19.4 Å². The number of likely N-dealkylation sites (tertiary alicyclic amines) is 1. The summed E-state index contributed by atoms with van der Waals surface area (Å²) in [5.41, 5.74) is 3.04. The maximum Gasteiger partial charge on any atom is 0.308 e. The van der Waals surface area contributed by atoms with Crippen LogP contribution < -0.4 is 0 Å². The molecule has 0 bridgehead atoms. The summed E-state index contributed by atoms with van der Waals surface area (Å²) in [5.74, 6) is -0.0227. The van der Waals surface area contributed by atoms with Crippen molar-refractivity contribution in [1.29, 1.82) is 0 Å². The Bertz CT molecular complexity index is 875. The number of aliphatic hydroxyl groups excluding tert-OH is 1. The van der Waals surface area contributed by atoms with E-state index in [-0.39, 0.29) is 42.3 Å². The molecule has 6 heteroatoms. The Labute approximate surface area is 172 Å². The summed E-state index contributed by atoms with van der Waals surface area (Å²) >= 11 is 0. The van der Waals surface area contributed by atoms with Crippen LogP contribution in [0.25, 0.3) is 10.9 Å². The Morgan fingerprint density at radius 3 is 2.69 bits per heavy atom. The molecule has 2 N–H and O–H groups in total. The molecule has 1 aromatic carbocycles. The van der Waals surface area contributed by atoms with Crippen LogP contribution in [0.4, 0.5) is 0 Å². The van der Waals surface area contributed by atoms with Gasteiger partial charge in [-0.1, -0.05) is 38.5 Å². The van der Waals surface area contributed by atoms with Gasteiger partial charge in [-0.25, -0.2) is 0 Å². The second-order valence-electron chi connectivity index (χ2n) is 8.10. The Morgan fingerprint density at radius 1 is 1.34 bits per heavy atom. The fourth-order valence-corrected chi connectivity index (χ4v) is 5.01. The minimum atomic E-state index is -0.229. The van der Waals surface area contributed by atoms with Crippen molar-refractivity contribution in [2.24, 2.45) is 17.8 Å². The van der Waals surface area contributed by atoms with Crippen LogP contribution >= 0.6 is 0 Å². The Balaban J connectivity index is 2.07. The first-order chi connectivity index (χ1) is 13.9. The lowest BCUT2D eigenvalue weighted by Crippen LogP contribution is -2.47. The summed E-state index contributed by atoms with van der Waals surface area (Å²) in [6.45, 7) is 6.32. The van der Waals surface area contributed by atoms with Gasteiger partial charge in [0.15, 0.2) is 0 Å². The van der Waals surface area contributed by atoms with Crippen LogP contribution in [-0.2, 0) is 20.7 Å². The maximum atomic E-state index is 12.6. The highest BCUT2D eigenvalue weighted by atomic mass is 16.5. The minimum absolute atomic E-state index is 0.0335. The molecule has 4 atom stereocenters. The van der Waals surface area contributed by atoms with E-state index in [1.807, 2.05) is 36.1 Å². The zero-order chi connectivity index (χ0) is 21.1. The molecule has 2 aromatic rings. The molecule has 6 nitrogen and oxygen atoms in total. The lowest BCUT2D eigenvalue weighted by molar-refractivity contribution is -0.150. The van der Waals surface area contributed by atoms with Crippen molar-refractivity contribution in [3.8, 4) is 0 Å². The first kappa shape index (κ1) is 21.4. The topological polar surface area (TPSA) is 82.6 Å². The number of benzene rings is 1. The van der Waals surface area contributed by atoms with Gasteiger partial charge in [0.2, 0.25) is 5.91 Å². The summed E-state index contributed by atoms with van der Waals surface area (Å²) in [7, 11) is 1.43. The maximum absolute atomic E-state index is 12.6. The Morgan fingerprint density at radius 2 is 2.07 bits per heavy atom. The number of carbonyl (C=O) groups is 2. The van der Waals surface area contributed by atoms with Gasteiger partial charge in [0.25, 0.3) is 0 Å². The number of aromatic amines is 1. The van der Waals surface area contributed by atoms with Crippen molar-refractivity contribution in [2.75, 3.05) is 20.3 Å². The van der Waals surface area contributed by atoms with Crippen LogP contribution in [0.2, 0.25) is 0 Å². The second kappa shape index (κ2) is 8.99. The molecule has 0 spiro atoms. The van der Waals surface area contributed by atoms with E-state index in [2.05, 4.69) is 11.9 Å². The average Bonchev–Trinajstić information content (AvgIpc) is 3.10. The van der Waals surface area contributed by atoms with Gasteiger partial charge >= 0.3 is 5.97 Å². The first-order valence-electron chi connectivity index (χ1n) is 10.5. The standard InChI is InChI=1S/C23H32N2O4/c1-5-16-13-25(15(3)27)21(12-19(16)14(2)23(28)29-4)22-18(10-11-26)17-8-6-7-9-20(17)24-22/h6-9,14,16,19,21,24,26H,5,10-13H2,1-4H3/t14-,16+,19-,21-/m0/s1. The lowest BCUT2D eigenvalue weighted by Gasteiger charge is -2.45. The number of aliphatic hydroxyl groups is 1. The summed E-state index contributed by atoms with van der Waals surface area (Å²) in [4.78, 5) is 30.3. The largest absolute Gasteiger partial charge is 0.469 e. The summed E-state index contributed by atoms with van der Waals surface area (Å²) in [6, 6.07) is 7.87. The minimum Gasteiger partial charge on any atom is -0.469 e. The number of fused-ring (bicyclic) bond motifs is 1. The van der Waals surface area contributed by atoms with Gasteiger partial charge in [0.1, 0.15) is 0 Å². The van der Waals surface area contributed by atoms with Crippen molar-refractivity contribution in [3.05, 3.63) is 35.5 Å². The molecule has 0 aliphatic carbocycles. The fourth-order valence-electron chi connectivity index (χ4n) is 5.01. The van der Waals surface area contributed by atoms with Crippen molar-refractivity contribution >= 4 is 22.8 Å². The number of rotatable bonds is 6. The summed E-state index contributed by atoms with van der Waals surface area (Å²) < 4.78 is 5.02. The van der Waals surface area contributed by atoms with E-state index in [9.17, 15) is 14.7 Å². The highest BCUT2D eigenvalue weighted by Crippen LogP contribution is 2.44. The van der Waals surface area contributed by atoms with Gasteiger partial charge in [0, 0.05) is 36.7 Å². The molecular formula is C23H32N2O4. The number of carbonyl (C=O) groups excluding carboxylic acids is 2. The smallest absolute Gasteiger partial charge is 0.308 e.